The van der Waals surface area contributed by atoms with Crippen LogP contribution < -0.4 is 16.2 Å². The van der Waals surface area contributed by atoms with E-state index in [1.54, 1.807) is 17.0 Å². The first kappa shape index (κ1) is 13.1. The molecule has 1 aliphatic rings. The van der Waals surface area contributed by atoms with Crippen LogP contribution in [0.15, 0.2) is 17.2 Å². The highest BCUT2D eigenvalue weighted by Gasteiger charge is 2.14. The maximum atomic E-state index is 12.1. The number of hydrogen-bond donors (Lipinski definition) is 2. The molecule has 0 aromatic carbocycles. The number of rotatable bonds is 4. The van der Waals surface area contributed by atoms with Crippen molar-refractivity contribution in [2.24, 2.45) is 0 Å². The van der Waals surface area contributed by atoms with Gasteiger partial charge in [-0.05, 0) is 25.8 Å². The van der Waals surface area contributed by atoms with E-state index < -0.39 is 0 Å². The van der Waals surface area contributed by atoms with Crippen LogP contribution in [0.5, 0.6) is 0 Å². The van der Waals surface area contributed by atoms with Gasteiger partial charge in [-0.25, -0.2) is 4.98 Å². The molecule has 5 heteroatoms. The maximum Gasteiger partial charge on any atom is 0.293 e. The maximum absolute atomic E-state index is 12.1. The van der Waals surface area contributed by atoms with Crippen LogP contribution in [0.3, 0.4) is 0 Å². The van der Waals surface area contributed by atoms with Crippen molar-refractivity contribution in [3.05, 3.63) is 22.7 Å². The van der Waals surface area contributed by atoms with Gasteiger partial charge in [0.2, 0.25) is 0 Å². The summed E-state index contributed by atoms with van der Waals surface area (Å²) in [5, 5.41) is 6.66. The Morgan fingerprint density at radius 1 is 1.56 bits per heavy atom. The largest absolute Gasteiger partial charge is 0.361 e. The molecule has 1 saturated heterocycles. The average molecular weight is 250 g/mol. The van der Waals surface area contributed by atoms with Crippen molar-refractivity contribution in [2.45, 2.75) is 45.2 Å². The zero-order valence-electron chi connectivity index (χ0n) is 11.0. The molecule has 2 rings (SSSR count). The van der Waals surface area contributed by atoms with E-state index in [0.29, 0.717) is 11.9 Å². The molecule has 1 aromatic rings. The fourth-order valence-electron chi connectivity index (χ4n) is 2.30. The normalized spacial score (nSPS) is 20.4. The Morgan fingerprint density at radius 3 is 3.28 bits per heavy atom. The standard InChI is InChI=1S/C13H22N4O/c1-2-8-17-9-7-15-12(13(17)18)16-11-5-3-4-6-14-10-11/h7,9,11,14H,2-6,8,10H2,1H3,(H,15,16). The Bertz CT molecular complexity index is 421. The Kier molecular flexibility index (Phi) is 4.75. The third kappa shape index (κ3) is 3.32. The molecule has 1 aromatic heterocycles. The molecule has 2 N–H and O–H groups in total. The molecule has 100 valence electrons. The summed E-state index contributed by atoms with van der Waals surface area (Å²) in [7, 11) is 0. The van der Waals surface area contributed by atoms with Crippen molar-refractivity contribution in [1.82, 2.24) is 14.9 Å². The number of anilines is 1. The van der Waals surface area contributed by atoms with E-state index in [-0.39, 0.29) is 5.56 Å². The van der Waals surface area contributed by atoms with Crippen LogP contribution in [-0.2, 0) is 6.54 Å². The van der Waals surface area contributed by atoms with Gasteiger partial charge in [-0.15, -0.1) is 0 Å². The highest BCUT2D eigenvalue weighted by molar-refractivity contribution is 5.32. The zero-order chi connectivity index (χ0) is 12.8. The molecule has 0 aliphatic carbocycles. The number of nitrogens with zero attached hydrogens (tertiary/aromatic N) is 2. The predicted octanol–water partition coefficient (Wildman–Crippen LogP) is 1.21. The summed E-state index contributed by atoms with van der Waals surface area (Å²) in [6, 6.07) is 0.310. The molecule has 1 atom stereocenters. The van der Waals surface area contributed by atoms with Crippen molar-refractivity contribution < 1.29 is 0 Å². The molecule has 18 heavy (non-hydrogen) atoms. The Balaban J connectivity index is 2.08. The minimum absolute atomic E-state index is 0.0106. The van der Waals surface area contributed by atoms with Crippen molar-refractivity contribution in [1.29, 1.82) is 0 Å². The fraction of sp³-hybridized carbons (Fsp3) is 0.692. The van der Waals surface area contributed by atoms with Gasteiger partial charge in [0.15, 0.2) is 5.82 Å². The first-order valence-electron chi connectivity index (χ1n) is 6.84. The number of aromatic nitrogens is 2. The minimum Gasteiger partial charge on any atom is -0.361 e. The molecule has 2 heterocycles. The third-order valence-corrected chi connectivity index (χ3v) is 3.27. The van der Waals surface area contributed by atoms with E-state index in [1.807, 2.05) is 0 Å². The van der Waals surface area contributed by atoms with Crippen LogP contribution in [0.1, 0.15) is 32.6 Å². The van der Waals surface area contributed by atoms with Gasteiger partial charge < -0.3 is 15.2 Å². The van der Waals surface area contributed by atoms with Gasteiger partial charge in [-0.2, -0.15) is 0 Å². The highest BCUT2D eigenvalue weighted by Crippen LogP contribution is 2.08. The predicted molar refractivity (Wildman–Crippen MR) is 72.9 cm³/mol. The lowest BCUT2D eigenvalue weighted by Crippen LogP contribution is -2.34. The summed E-state index contributed by atoms with van der Waals surface area (Å²) < 4.78 is 1.72. The lowest BCUT2D eigenvalue weighted by Gasteiger charge is -2.17. The molecule has 0 amide bonds. The van der Waals surface area contributed by atoms with E-state index >= 15 is 0 Å². The van der Waals surface area contributed by atoms with Gasteiger partial charge in [0, 0.05) is 31.5 Å². The second-order valence-corrected chi connectivity index (χ2v) is 4.82. The van der Waals surface area contributed by atoms with Gasteiger partial charge in [0.1, 0.15) is 0 Å². The molecule has 5 nitrogen and oxygen atoms in total. The SMILES string of the molecule is CCCn1ccnc(NC2CCCCNC2)c1=O. The second kappa shape index (κ2) is 6.54. The number of nitrogens with one attached hydrogen (secondary N) is 2. The first-order chi connectivity index (χ1) is 8.81. The lowest BCUT2D eigenvalue weighted by atomic mass is 10.1. The average Bonchev–Trinajstić information content (AvgIpc) is 2.63. The molecular weight excluding hydrogens is 228 g/mol. The van der Waals surface area contributed by atoms with Crippen molar-refractivity contribution >= 4 is 5.82 Å². The Labute approximate surface area is 108 Å². The third-order valence-electron chi connectivity index (χ3n) is 3.27. The monoisotopic (exact) mass is 250 g/mol. The lowest BCUT2D eigenvalue weighted by molar-refractivity contribution is 0.620. The smallest absolute Gasteiger partial charge is 0.293 e. The first-order valence-corrected chi connectivity index (χ1v) is 6.84. The van der Waals surface area contributed by atoms with Crippen LogP contribution in [-0.4, -0.2) is 28.7 Å². The molecule has 0 spiro atoms. The molecule has 0 saturated carbocycles. The van der Waals surface area contributed by atoms with E-state index in [2.05, 4.69) is 22.5 Å². The second-order valence-electron chi connectivity index (χ2n) is 4.82. The van der Waals surface area contributed by atoms with Crippen LogP contribution in [0, 0.1) is 0 Å². The van der Waals surface area contributed by atoms with Gasteiger partial charge >= 0.3 is 0 Å². The number of aryl methyl sites for hydroxylation is 1. The molecule has 1 unspecified atom stereocenters. The van der Waals surface area contributed by atoms with Gasteiger partial charge in [0.25, 0.3) is 5.56 Å². The summed E-state index contributed by atoms with van der Waals surface area (Å²) in [4.78, 5) is 16.3. The van der Waals surface area contributed by atoms with E-state index in [9.17, 15) is 4.79 Å². The topological polar surface area (TPSA) is 59.0 Å². The molecule has 1 aliphatic heterocycles. The van der Waals surface area contributed by atoms with Crippen LogP contribution in [0.25, 0.3) is 0 Å². The van der Waals surface area contributed by atoms with E-state index in [0.717, 1.165) is 32.5 Å². The van der Waals surface area contributed by atoms with Crippen molar-refractivity contribution in [3.63, 3.8) is 0 Å². The molecule has 1 fully saturated rings. The Morgan fingerprint density at radius 2 is 2.44 bits per heavy atom. The molecular formula is C13H22N4O. The van der Waals surface area contributed by atoms with Crippen molar-refractivity contribution in [2.75, 3.05) is 18.4 Å². The van der Waals surface area contributed by atoms with Gasteiger partial charge in [-0.3, -0.25) is 4.79 Å². The van der Waals surface area contributed by atoms with Crippen LogP contribution >= 0.6 is 0 Å². The highest BCUT2D eigenvalue weighted by atomic mass is 16.1. The quantitative estimate of drug-likeness (QED) is 0.843. The van der Waals surface area contributed by atoms with E-state index in [4.69, 9.17) is 0 Å². The van der Waals surface area contributed by atoms with Gasteiger partial charge in [0.05, 0.1) is 0 Å². The summed E-state index contributed by atoms with van der Waals surface area (Å²) >= 11 is 0. The molecule has 0 radical (unpaired) electrons. The number of hydrogen-bond acceptors (Lipinski definition) is 4. The zero-order valence-corrected chi connectivity index (χ0v) is 11.0. The summed E-state index contributed by atoms with van der Waals surface area (Å²) in [5.74, 6) is 0.486. The molecule has 0 bridgehead atoms. The fourth-order valence-corrected chi connectivity index (χ4v) is 2.30. The van der Waals surface area contributed by atoms with Crippen LogP contribution in [0.2, 0.25) is 0 Å². The summed E-state index contributed by atoms with van der Waals surface area (Å²) in [6.45, 7) is 4.79. The summed E-state index contributed by atoms with van der Waals surface area (Å²) in [5.41, 5.74) is -0.0106. The van der Waals surface area contributed by atoms with E-state index in [1.165, 1.54) is 12.8 Å². The van der Waals surface area contributed by atoms with Crippen molar-refractivity contribution in [3.8, 4) is 0 Å². The minimum atomic E-state index is -0.0106. The van der Waals surface area contributed by atoms with Crippen LogP contribution in [0.4, 0.5) is 5.82 Å². The van der Waals surface area contributed by atoms with Gasteiger partial charge in [-0.1, -0.05) is 13.3 Å². The summed E-state index contributed by atoms with van der Waals surface area (Å²) in [6.07, 6.45) is 7.90. The Hall–Kier alpha value is -1.36.